The number of nitrogens with zero attached hydrogens (tertiary/aromatic N) is 1. The minimum Gasteiger partial charge on any atom is -0.372 e. The summed E-state index contributed by atoms with van der Waals surface area (Å²) in [4.78, 5) is 14.1. The van der Waals surface area contributed by atoms with Crippen LogP contribution < -0.4 is 10.0 Å². The molecule has 0 aromatic heterocycles. The van der Waals surface area contributed by atoms with E-state index in [2.05, 4.69) is 10.0 Å². The van der Waals surface area contributed by atoms with Crippen LogP contribution in [0.2, 0.25) is 0 Å². The van der Waals surface area contributed by atoms with Gasteiger partial charge in [-0.15, -0.1) is 0 Å². The highest BCUT2D eigenvalue weighted by molar-refractivity contribution is 7.89. The Morgan fingerprint density at radius 3 is 2.96 bits per heavy atom. The number of ether oxygens (including phenoxy) is 1. The van der Waals surface area contributed by atoms with Crippen molar-refractivity contribution in [2.45, 2.75) is 31.1 Å². The topological polar surface area (TPSA) is 87.7 Å². The first-order chi connectivity index (χ1) is 11.0. The fraction of sp³-hybridized carbons (Fsp3) is 0.533. The van der Waals surface area contributed by atoms with Crippen molar-refractivity contribution in [3.8, 4) is 0 Å². The molecule has 1 aromatic rings. The smallest absolute Gasteiger partial charge is 0.241 e. The standard InChI is InChI=1S/C15H21N3O4S/c1-11-7-16-4-5-18(11)15(19)8-17-23(20,21)14-3-2-12-9-22-10-13(12)6-14/h2-3,6,11,16-17H,4-5,7-10H2,1H3/t11-/m1/s1. The zero-order chi connectivity index (χ0) is 16.4. The minimum absolute atomic E-state index is 0.0675. The van der Waals surface area contributed by atoms with Gasteiger partial charge in [0.1, 0.15) is 0 Å². The van der Waals surface area contributed by atoms with Crippen LogP contribution in [0.4, 0.5) is 0 Å². The number of fused-ring (bicyclic) bond motifs is 1. The monoisotopic (exact) mass is 339 g/mol. The molecule has 0 aliphatic carbocycles. The second kappa shape index (κ2) is 6.56. The lowest BCUT2D eigenvalue weighted by atomic mass is 10.1. The highest BCUT2D eigenvalue weighted by Gasteiger charge is 2.25. The van der Waals surface area contributed by atoms with Crippen molar-refractivity contribution in [1.29, 1.82) is 0 Å². The van der Waals surface area contributed by atoms with Gasteiger partial charge in [-0.2, -0.15) is 0 Å². The van der Waals surface area contributed by atoms with Gasteiger partial charge in [0.15, 0.2) is 0 Å². The van der Waals surface area contributed by atoms with Crippen LogP contribution >= 0.6 is 0 Å². The third kappa shape index (κ3) is 3.55. The molecule has 8 heteroatoms. The Kier molecular flexibility index (Phi) is 4.67. The third-order valence-corrected chi connectivity index (χ3v) is 5.64. The summed E-state index contributed by atoms with van der Waals surface area (Å²) in [7, 11) is -3.70. The molecule has 0 spiro atoms. The first-order valence-corrected chi connectivity index (χ1v) is 9.15. The fourth-order valence-corrected chi connectivity index (χ4v) is 3.89. The molecule has 23 heavy (non-hydrogen) atoms. The van der Waals surface area contributed by atoms with E-state index < -0.39 is 10.0 Å². The van der Waals surface area contributed by atoms with Crippen LogP contribution in [0.5, 0.6) is 0 Å². The second-order valence-electron chi connectivity index (χ2n) is 5.89. The number of hydrogen-bond acceptors (Lipinski definition) is 5. The van der Waals surface area contributed by atoms with Gasteiger partial charge in [-0.05, 0) is 30.2 Å². The second-order valence-corrected chi connectivity index (χ2v) is 7.66. The van der Waals surface area contributed by atoms with Crippen molar-refractivity contribution in [3.05, 3.63) is 29.3 Å². The molecule has 1 saturated heterocycles. The number of amides is 1. The average Bonchev–Trinajstić information content (AvgIpc) is 3.00. The van der Waals surface area contributed by atoms with Crippen LogP contribution in [-0.2, 0) is 32.8 Å². The summed E-state index contributed by atoms with van der Waals surface area (Å²) in [6, 6.07) is 4.99. The lowest BCUT2D eigenvalue weighted by Gasteiger charge is -2.34. The number of hydrogen-bond donors (Lipinski definition) is 2. The molecule has 0 bridgehead atoms. The number of rotatable bonds is 4. The van der Waals surface area contributed by atoms with Crippen LogP contribution in [0, 0.1) is 0 Å². The van der Waals surface area contributed by atoms with E-state index in [1.54, 1.807) is 23.1 Å². The molecule has 2 N–H and O–H groups in total. The van der Waals surface area contributed by atoms with Crippen molar-refractivity contribution >= 4 is 15.9 Å². The lowest BCUT2D eigenvalue weighted by molar-refractivity contribution is -0.132. The summed E-state index contributed by atoms with van der Waals surface area (Å²) in [5.74, 6) is -0.202. The number of carbonyl (C=O) groups is 1. The zero-order valence-electron chi connectivity index (χ0n) is 13.0. The summed E-state index contributed by atoms with van der Waals surface area (Å²) in [5, 5.41) is 3.20. The van der Waals surface area contributed by atoms with E-state index in [9.17, 15) is 13.2 Å². The van der Waals surface area contributed by atoms with E-state index in [0.29, 0.717) is 19.8 Å². The molecule has 2 aliphatic heterocycles. The Balaban J connectivity index is 1.65. The van der Waals surface area contributed by atoms with Crippen LogP contribution in [-0.4, -0.2) is 51.4 Å². The molecule has 126 valence electrons. The Hall–Kier alpha value is -1.48. The normalized spacial score (nSPS) is 21.3. The Morgan fingerprint density at radius 1 is 1.39 bits per heavy atom. The van der Waals surface area contributed by atoms with Gasteiger partial charge < -0.3 is 15.0 Å². The summed E-state index contributed by atoms with van der Waals surface area (Å²) in [5.41, 5.74) is 1.89. The molecule has 7 nitrogen and oxygen atoms in total. The minimum atomic E-state index is -3.70. The van der Waals surface area contributed by atoms with Gasteiger partial charge in [0, 0.05) is 25.7 Å². The number of sulfonamides is 1. The van der Waals surface area contributed by atoms with Crippen molar-refractivity contribution in [2.24, 2.45) is 0 Å². The molecule has 1 amide bonds. The highest BCUT2D eigenvalue weighted by Crippen LogP contribution is 2.22. The van der Waals surface area contributed by atoms with Gasteiger partial charge in [-0.25, -0.2) is 13.1 Å². The zero-order valence-corrected chi connectivity index (χ0v) is 13.9. The van der Waals surface area contributed by atoms with Crippen molar-refractivity contribution in [3.63, 3.8) is 0 Å². The summed E-state index contributed by atoms with van der Waals surface area (Å²) < 4.78 is 32.4. The molecular formula is C15H21N3O4S. The van der Waals surface area contributed by atoms with E-state index in [1.807, 2.05) is 6.92 Å². The molecule has 1 aromatic carbocycles. The first-order valence-electron chi connectivity index (χ1n) is 7.67. The largest absolute Gasteiger partial charge is 0.372 e. The first kappa shape index (κ1) is 16.4. The molecule has 1 atom stereocenters. The highest BCUT2D eigenvalue weighted by atomic mass is 32.2. The number of benzene rings is 1. The Labute approximate surface area is 136 Å². The maximum absolute atomic E-state index is 12.4. The molecule has 2 heterocycles. The molecule has 3 rings (SSSR count). The van der Waals surface area contributed by atoms with Crippen molar-refractivity contribution < 1.29 is 17.9 Å². The summed E-state index contributed by atoms with van der Waals surface area (Å²) in [6.07, 6.45) is 0. The maximum atomic E-state index is 12.4. The maximum Gasteiger partial charge on any atom is 0.241 e. The van der Waals surface area contributed by atoms with Gasteiger partial charge in [-0.3, -0.25) is 4.79 Å². The molecule has 0 unspecified atom stereocenters. The number of nitrogens with one attached hydrogen (secondary N) is 2. The molecular weight excluding hydrogens is 318 g/mol. The van der Waals surface area contributed by atoms with Gasteiger partial charge >= 0.3 is 0 Å². The third-order valence-electron chi connectivity index (χ3n) is 4.24. The molecule has 1 fully saturated rings. The molecule has 2 aliphatic rings. The lowest BCUT2D eigenvalue weighted by Crippen LogP contribution is -2.54. The Morgan fingerprint density at radius 2 is 2.17 bits per heavy atom. The predicted octanol–water partition coefficient (Wildman–Crippen LogP) is -0.185. The van der Waals surface area contributed by atoms with Crippen molar-refractivity contribution in [1.82, 2.24) is 14.9 Å². The van der Waals surface area contributed by atoms with Gasteiger partial charge in [-0.1, -0.05) is 6.07 Å². The van der Waals surface area contributed by atoms with E-state index in [4.69, 9.17) is 4.74 Å². The molecule has 0 radical (unpaired) electrons. The van der Waals surface area contributed by atoms with E-state index >= 15 is 0 Å². The van der Waals surface area contributed by atoms with Crippen LogP contribution in [0.3, 0.4) is 0 Å². The van der Waals surface area contributed by atoms with E-state index in [1.165, 1.54) is 0 Å². The van der Waals surface area contributed by atoms with E-state index in [0.717, 1.165) is 24.2 Å². The van der Waals surface area contributed by atoms with E-state index in [-0.39, 0.29) is 23.4 Å². The van der Waals surface area contributed by atoms with Gasteiger partial charge in [0.05, 0.1) is 24.7 Å². The SMILES string of the molecule is C[C@@H]1CNCCN1C(=O)CNS(=O)(=O)c1ccc2c(c1)COC2. The van der Waals surface area contributed by atoms with Gasteiger partial charge in [0.25, 0.3) is 0 Å². The quantitative estimate of drug-likeness (QED) is 0.794. The fourth-order valence-electron chi connectivity index (χ4n) is 2.87. The predicted molar refractivity (Wildman–Crippen MR) is 84.2 cm³/mol. The molecule has 0 saturated carbocycles. The summed E-state index contributed by atoms with van der Waals surface area (Å²) >= 11 is 0. The number of piperazine rings is 1. The Bertz CT molecular complexity index is 705. The van der Waals surface area contributed by atoms with Crippen LogP contribution in [0.25, 0.3) is 0 Å². The van der Waals surface area contributed by atoms with Crippen LogP contribution in [0.1, 0.15) is 18.1 Å². The number of carbonyl (C=O) groups excluding carboxylic acids is 1. The van der Waals surface area contributed by atoms with Crippen molar-refractivity contribution in [2.75, 3.05) is 26.2 Å². The average molecular weight is 339 g/mol. The van der Waals surface area contributed by atoms with Crippen LogP contribution in [0.15, 0.2) is 23.1 Å². The summed E-state index contributed by atoms with van der Waals surface area (Å²) in [6.45, 7) is 4.71. The van der Waals surface area contributed by atoms with Gasteiger partial charge in [0.2, 0.25) is 15.9 Å².